The molecule has 0 unspecified atom stereocenters. The Bertz CT molecular complexity index is 1650. The van der Waals surface area contributed by atoms with Crippen molar-refractivity contribution in [3.8, 4) is 11.5 Å². The van der Waals surface area contributed by atoms with E-state index in [4.69, 9.17) is 21.1 Å². The first-order valence-electron chi connectivity index (χ1n) is 13.1. The summed E-state index contributed by atoms with van der Waals surface area (Å²) in [6.45, 7) is 0. The van der Waals surface area contributed by atoms with Gasteiger partial charge in [-0.1, -0.05) is 41.9 Å². The number of anilines is 1. The molecule has 0 fully saturated rings. The summed E-state index contributed by atoms with van der Waals surface area (Å²) in [6.07, 6.45) is 2.96. The van der Waals surface area contributed by atoms with Gasteiger partial charge in [-0.25, -0.2) is 10.2 Å². The Labute approximate surface area is 254 Å². The maximum Gasteiger partial charge on any atom is 0.343 e. The van der Waals surface area contributed by atoms with Gasteiger partial charge in [0.15, 0.2) is 11.5 Å². The van der Waals surface area contributed by atoms with Crippen LogP contribution in [0.15, 0.2) is 108 Å². The summed E-state index contributed by atoms with van der Waals surface area (Å²) >= 11 is 5.88. The molecule has 4 rings (SSSR count). The molecule has 0 spiro atoms. The molecular formula is C33H29ClN4O5. The number of carbonyl (C=O) groups excluding carboxylic acids is 3. The molecule has 2 amide bonds. The molecule has 4 aromatic rings. The van der Waals surface area contributed by atoms with Gasteiger partial charge in [0.1, 0.15) is 5.70 Å². The lowest BCUT2D eigenvalue weighted by Crippen LogP contribution is -2.32. The maximum absolute atomic E-state index is 13.1. The number of benzene rings is 4. The predicted octanol–water partition coefficient (Wildman–Crippen LogP) is 5.56. The number of hydrazone groups is 1. The number of nitrogens with zero attached hydrogens (tertiary/aromatic N) is 2. The highest BCUT2D eigenvalue weighted by Crippen LogP contribution is 2.28. The highest BCUT2D eigenvalue weighted by molar-refractivity contribution is 6.30. The number of rotatable bonds is 10. The third-order valence-electron chi connectivity index (χ3n) is 6.10. The molecule has 2 N–H and O–H groups in total. The quantitative estimate of drug-likeness (QED) is 0.0816. The van der Waals surface area contributed by atoms with Crippen LogP contribution in [0.1, 0.15) is 31.8 Å². The van der Waals surface area contributed by atoms with Gasteiger partial charge < -0.3 is 19.7 Å². The van der Waals surface area contributed by atoms with Crippen molar-refractivity contribution >= 4 is 47.4 Å². The molecule has 0 saturated heterocycles. The van der Waals surface area contributed by atoms with E-state index in [0.29, 0.717) is 27.3 Å². The summed E-state index contributed by atoms with van der Waals surface area (Å²) in [6, 6.07) is 27.2. The standard InChI is InChI=1S/C33H29ClN4O5/c1-38(2)27-16-9-22(10-17-27)19-28(36-31(39)24-7-5-4-6-8-24)32(40)37-35-21-23-11-18-29(30(20-23)42-3)43-33(41)25-12-14-26(34)15-13-25/h4-21H,1-3H3,(H,36,39)(H,37,40). The van der Waals surface area contributed by atoms with Crippen LogP contribution < -0.4 is 25.1 Å². The number of esters is 1. The summed E-state index contributed by atoms with van der Waals surface area (Å²) in [5.41, 5.74) is 5.44. The van der Waals surface area contributed by atoms with Gasteiger partial charge in [-0.3, -0.25) is 9.59 Å². The molecule has 10 heteroatoms. The van der Waals surface area contributed by atoms with Crippen LogP contribution in [-0.4, -0.2) is 45.2 Å². The van der Waals surface area contributed by atoms with Gasteiger partial charge in [-0.05, 0) is 83.9 Å². The van der Waals surface area contributed by atoms with Gasteiger partial charge in [0.25, 0.3) is 11.8 Å². The number of hydrogen-bond donors (Lipinski definition) is 2. The van der Waals surface area contributed by atoms with Crippen molar-refractivity contribution in [2.45, 2.75) is 0 Å². The van der Waals surface area contributed by atoms with Crippen molar-refractivity contribution < 1.29 is 23.9 Å². The smallest absolute Gasteiger partial charge is 0.343 e. The van der Waals surface area contributed by atoms with E-state index in [1.54, 1.807) is 78.9 Å². The second-order valence-corrected chi connectivity index (χ2v) is 9.81. The van der Waals surface area contributed by atoms with Gasteiger partial charge >= 0.3 is 5.97 Å². The molecule has 0 radical (unpaired) electrons. The maximum atomic E-state index is 13.1. The van der Waals surface area contributed by atoms with Crippen molar-refractivity contribution in [2.24, 2.45) is 5.10 Å². The minimum Gasteiger partial charge on any atom is -0.493 e. The Kier molecular flexibility index (Phi) is 10.3. The molecule has 0 aliphatic rings. The lowest BCUT2D eigenvalue weighted by atomic mass is 10.1. The van der Waals surface area contributed by atoms with E-state index in [-0.39, 0.29) is 17.2 Å². The normalized spacial score (nSPS) is 11.1. The third kappa shape index (κ3) is 8.54. The van der Waals surface area contributed by atoms with Crippen LogP contribution in [-0.2, 0) is 4.79 Å². The van der Waals surface area contributed by atoms with Crippen LogP contribution in [0.3, 0.4) is 0 Å². The minimum absolute atomic E-state index is 0.00523. The van der Waals surface area contributed by atoms with Crippen LogP contribution in [0.5, 0.6) is 11.5 Å². The third-order valence-corrected chi connectivity index (χ3v) is 6.35. The summed E-state index contributed by atoms with van der Waals surface area (Å²) in [5, 5.41) is 7.23. The molecule has 218 valence electrons. The number of hydrogen-bond acceptors (Lipinski definition) is 7. The first-order chi connectivity index (χ1) is 20.7. The van der Waals surface area contributed by atoms with Crippen LogP contribution in [0, 0.1) is 0 Å². The fourth-order valence-corrected chi connectivity index (χ4v) is 3.92. The van der Waals surface area contributed by atoms with Crippen LogP contribution in [0.25, 0.3) is 6.08 Å². The molecule has 0 aromatic heterocycles. The average Bonchev–Trinajstić information content (AvgIpc) is 3.02. The lowest BCUT2D eigenvalue weighted by molar-refractivity contribution is -0.117. The van der Waals surface area contributed by atoms with E-state index in [1.165, 1.54) is 13.3 Å². The number of methoxy groups -OCH3 is 1. The number of carbonyl (C=O) groups is 3. The highest BCUT2D eigenvalue weighted by Gasteiger charge is 2.15. The van der Waals surface area contributed by atoms with Gasteiger partial charge in [-0.2, -0.15) is 5.10 Å². The topological polar surface area (TPSA) is 109 Å². The van der Waals surface area contributed by atoms with Gasteiger partial charge in [0.05, 0.1) is 18.9 Å². The fraction of sp³-hybridized carbons (Fsp3) is 0.0909. The Morgan fingerprint density at radius 2 is 1.49 bits per heavy atom. The first-order valence-corrected chi connectivity index (χ1v) is 13.5. The lowest BCUT2D eigenvalue weighted by Gasteiger charge is -2.13. The zero-order valence-electron chi connectivity index (χ0n) is 23.7. The van der Waals surface area contributed by atoms with Gasteiger partial charge in [0, 0.05) is 30.4 Å². The van der Waals surface area contributed by atoms with E-state index < -0.39 is 17.8 Å². The van der Waals surface area contributed by atoms with Crippen molar-refractivity contribution in [3.05, 3.63) is 130 Å². The molecule has 43 heavy (non-hydrogen) atoms. The van der Waals surface area contributed by atoms with E-state index in [0.717, 1.165) is 5.69 Å². The molecule has 9 nitrogen and oxygen atoms in total. The summed E-state index contributed by atoms with van der Waals surface area (Å²) in [5.74, 6) is -1.15. The van der Waals surface area contributed by atoms with Crippen LogP contribution >= 0.6 is 11.6 Å². The molecule has 0 aliphatic heterocycles. The van der Waals surface area contributed by atoms with Crippen LogP contribution in [0.4, 0.5) is 5.69 Å². The predicted molar refractivity (Wildman–Crippen MR) is 168 cm³/mol. The zero-order chi connectivity index (χ0) is 30.8. The number of halogens is 1. The van der Waals surface area contributed by atoms with Gasteiger partial charge in [-0.15, -0.1) is 0 Å². The Morgan fingerprint density at radius 1 is 0.814 bits per heavy atom. The summed E-state index contributed by atoms with van der Waals surface area (Å²) in [7, 11) is 5.30. The summed E-state index contributed by atoms with van der Waals surface area (Å²) < 4.78 is 10.8. The Morgan fingerprint density at radius 3 is 2.14 bits per heavy atom. The largest absolute Gasteiger partial charge is 0.493 e. The molecule has 0 bridgehead atoms. The van der Waals surface area contributed by atoms with E-state index in [1.807, 2.05) is 43.3 Å². The number of nitrogens with one attached hydrogen (secondary N) is 2. The highest BCUT2D eigenvalue weighted by atomic mass is 35.5. The van der Waals surface area contributed by atoms with Crippen molar-refractivity contribution in [2.75, 3.05) is 26.1 Å². The SMILES string of the molecule is COc1cc(C=NNC(=O)C(=Cc2ccc(N(C)C)cc2)NC(=O)c2ccccc2)ccc1OC(=O)c1ccc(Cl)cc1. The van der Waals surface area contributed by atoms with E-state index >= 15 is 0 Å². The molecule has 0 aliphatic carbocycles. The van der Waals surface area contributed by atoms with E-state index in [2.05, 4.69) is 15.8 Å². The van der Waals surface area contributed by atoms with Crippen molar-refractivity contribution in [1.29, 1.82) is 0 Å². The second-order valence-electron chi connectivity index (χ2n) is 9.37. The van der Waals surface area contributed by atoms with Crippen molar-refractivity contribution in [1.82, 2.24) is 10.7 Å². The molecular weight excluding hydrogens is 568 g/mol. The van der Waals surface area contributed by atoms with E-state index in [9.17, 15) is 14.4 Å². The molecule has 0 atom stereocenters. The Hall–Kier alpha value is -5.41. The monoisotopic (exact) mass is 596 g/mol. The Balaban J connectivity index is 1.49. The average molecular weight is 597 g/mol. The zero-order valence-corrected chi connectivity index (χ0v) is 24.5. The van der Waals surface area contributed by atoms with Crippen LogP contribution in [0.2, 0.25) is 5.02 Å². The summed E-state index contributed by atoms with van der Waals surface area (Å²) in [4.78, 5) is 40.4. The fourth-order valence-electron chi connectivity index (χ4n) is 3.80. The number of amides is 2. The molecule has 4 aromatic carbocycles. The minimum atomic E-state index is -0.627. The van der Waals surface area contributed by atoms with Gasteiger partial charge in [0.2, 0.25) is 0 Å². The van der Waals surface area contributed by atoms with Crippen molar-refractivity contribution in [3.63, 3.8) is 0 Å². The molecule has 0 heterocycles. The number of ether oxygens (including phenoxy) is 2. The second kappa shape index (κ2) is 14.5. The molecule has 0 saturated carbocycles. The first kappa shape index (κ1) is 30.5.